The zero-order chi connectivity index (χ0) is 18.1. The Balaban J connectivity index is 1.72. The summed E-state index contributed by atoms with van der Waals surface area (Å²) in [6.07, 6.45) is 5.74. The Hall–Kier alpha value is -2.79. The highest BCUT2D eigenvalue weighted by molar-refractivity contribution is 7.99. The lowest BCUT2D eigenvalue weighted by atomic mass is 10.1. The molecule has 0 saturated heterocycles. The van der Waals surface area contributed by atoms with Crippen molar-refractivity contribution < 1.29 is 0 Å². The van der Waals surface area contributed by atoms with Crippen molar-refractivity contribution in [2.75, 3.05) is 19.0 Å². The maximum absolute atomic E-state index is 4.72. The van der Waals surface area contributed by atoms with E-state index in [0.717, 1.165) is 21.9 Å². The van der Waals surface area contributed by atoms with E-state index in [-0.39, 0.29) is 0 Å². The predicted octanol–water partition coefficient (Wildman–Crippen LogP) is 4.92. The number of anilines is 1. The lowest BCUT2D eigenvalue weighted by Crippen LogP contribution is -2.08. The van der Waals surface area contributed by atoms with E-state index < -0.39 is 0 Å². The Morgan fingerprint density at radius 3 is 2.35 bits per heavy atom. The van der Waals surface area contributed by atoms with E-state index in [1.54, 1.807) is 11.8 Å². The molecule has 0 radical (unpaired) electrons. The van der Waals surface area contributed by atoms with Crippen LogP contribution in [0.4, 0.5) is 5.69 Å². The van der Waals surface area contributed by atoms with Crippen molar-refractivity contribution in [1.29, 1.82) is 0 Å². The topological polar surface area (TPSA) is 33.4 Å². The minimum atomic E-state index is 0.875. The highest BCUT2D eigenvalue weighted by Gasteiger charge is 2.12. The van der Waals surface area contributed by atoms with E-state index in [4.69, 9.17) is 4.98 Å². The average molecular weight is 360 g/mol. The van der Waals surface area contributed by atoms with Gasteiger partial charge in [0.05, 0.1) is 6.20 Å². The van der Waals surface area contributed by atoms with Gasteiger partial charge in [-0.2, -0.15) is 0 Å². The number of aryl methyl sites for hydroxylation is 1. The Morgan fingerprint density at radius 2 is 1.65 bits per heavy atom. The van der Waals surface area contributed by atoms with Crippen LogP contribution in [0.25, 0.3) is 16.9 Å². The van der Waals surface area contributed by atoms with Crippen LogP contribution in [0.15, 0.2) is 77.0 Å². The third-order valence-corrected chi connectivity index (χ3v) is 5.31. The van der Waals surface area contributed by atoms with Crippen molar-refractivity contribution in [3.63, 3.8) is 0 Å². The summed E-state index contributed by atoms with van der Waals surface area (Å²) in [5.41, 5.74) is 5.27. The SMILES string of the molecule is Cc1ccc(Sc2cnc(-c3ccc(N(C)C)cc3)c3nccn23)cc1. The van der Waals surface area contributed by atoms with Crippen molar-refractivity contribution in [3.05, 3.63) is 72.7 Å². The molecule has 0 saturated carbocycles. The lowest BCUT2D eigenvalue weighted by Gasteiger charge is -2.13. The molecule has 4 nitrogen and oxygen atoms in total. The van der Waals surface area contributed by atoms with Gasteiger partial charge in [0.25, 0.3) is 0 Å². The summed E-state index contributed by atoms with van der Waals surface area (Å²) in [5, 5.41) is 1.05. The van der Waals surface area contributed by atoms with Crippen LogP contribution in [-0.2, 0) is 0 Å². The Labute approximate surface area is 157 Å². The van der Waals surface area contributed by atoms with Crippen molar-refractivity contribution in [2.45, 2.75) is 16.8 Å². The molecule has 2 aromatic heterocycles. The summed E-state index contributed by atoms with van der Waals surface area (Å²) < 4.78 is 2.10. The lowest BCUT2D eigenvalue weighted by molar-refractivity contribution is 0.984. The van der Waals surface area contributed by atoms with Crippen LogP contribution in [0.3, 0.4) is 0 Å². The summed E-state index contributed by atoms with van der Waals surface area (Å²) >= 11 is 1.69. The van der Waals surface area contributed by atoms with E-state index >= 15 is 0 Å². The summed E-state index contributed by atoms with van der Waals surface area (Å²) in [6, 6.07) is 16.9. The number of rotatable bonds is 4. The molecule has 4 aromatic rings. The van der Waals surface area contributed by atoms with Gasteiger partial charge in [0, 0.05) is 42.6 Å². The molecule has 4 rings (SSSR count). The molecule has 0 N–H and O–H groups in total. The molecule has 0 spiro atoms. The van der Waals surface area contributed by atoms with Crippen molar-refractivity contribution >= 4 is 23.1 Å². The molecule has 130 valence electrons. The number of fused-ring (bicyclic) bond motifs is 1. The summed E-state index contributed by atoms with van der Waals surface area (Å²) in [4.78, 5) is 12.5. The van der Waals surface area contributed by atoms with Crippen molar-refractivity contribution in [2.24, 2.45) is 0 Å². The normalized spacial score (nSPS) is 11.0. The second-order valence-corrected chi connectivity index (χ2v) is 7.52. The molecule has 0 aliphatic heterocycles. The van der Waals surface area contributed by atoms with Crippen LogP contribution >= 0.6 is 11.8 Å². The first kappa shape index (κ1) is 16.7. The van der Waals surface area contributed by atoms with E-state index in [1.807, 2.05) is 32.7 Å². The number of imidazole rings is 1. The maximum atomic E-state index is 4.72. The smallest absolute Gasteiger partial charge is 0.164 e. The minimum absolute atomic E-state index is 0.875. The summed E-state index contributed by atoms with van der Waals surface area (Å²) in [7, 11) is 4.08. The monoisotopic (exact) mass is 360 g/mol. The summed E-state index contributed by atoms with van der Waals surface area (Å²) in [5.74, 6) is 0. The molecule has 0 aliphatic rings. The van der Waals surface area contributed by atoms with Gasteiger partial charge in [-0.05, 0) is 31.2 Å². The van der Waals surface area contributed by atoms with Crippen molar-refractivity contribution in [1.82, 2.24) is 14.4 Å². The molecule has 5 heteroatoms. The quantitative estimate of drug-likeness (QED) is 0.517. The fourth-order valence-corrected chi connectivity index (χ4v) is 3.68. The van der Waals surface area contributed by atoms with E-state index in [0.29, 0.717) is 0 Å². The first-order chi connectivity index (χ1) is 12.6. The van der Waals surface area contributed by atoms with Gasteiger partial charge < -0.3 is 4.90 Å². The standard InChI is InChI=1S/C21H20N4S/c1-15-4-10-18(11-5-15)26-19-14-23-20(21-22-12-13-25(19)21)16-6-8-17(9-7-16)24(2)3/h4-14H,1-3H3. The molecule has 2 aromatic carbocycles. The highest BCUT2D eigenvalue weighted by Crippen LogP contribution is 2.31. The van der Waals surface area contributed by atoms with Gasteiger partial charge >= 0.3 is 0 Å². The second-order valence-electron chi connectivity index (χ2n) is 6.42. The molecular weight excluding hydrogens is 340 g/mol. The van der Waals surface area contributed by atoms with Crippen molar-refractivity contribution in [3.8, 4) is 11.3 Å². The van der Waals surface area contributed by atoms with Gasteiger partial charge in [-0.3, -0.25) is 4.40 Å². The number of hydrogen-bond acceptors (Lipinski definition) is 4. The van der Waals surface area contributed by atoms with Gasteiger partial charge in [-0.15, -0.1) is 0 Å². The molecule has 0 amide bonds. The van der Waals surface area contributed by atoms with Crippen LogP contribution in [0, 0.1) is 6.92 Å². The third-order valence-electron chi connectivity index (χ3n) is 4.29. The van der Waals surface area contributed by atoms with E-state index in [1.165, 1.54) is 16.1 Å². The van der Waals surface area contributed by atoms with Crippen LogP contribution in [0.2, 0.25) is 0 Å². The molecule has 26 heavy (non-hydrogen) atoms. The van der Waals surface area contributed by atoms with Crippen LogP contribution in [-0.4, -0.2) is 28.5 Å². The minimum Gasteiger partial charge on any atom is -0.378 e. The number of hydrogen-bond donors (Lipinski definition) is 0. The fraction of sp³-hybridized carbons (Fsp3) is 0.143. The second kappa shape index (κ2) is 6.84. The van der Waals surface area contributed by atoms with Gasteiger partial charge in [-0.25, -0.2) is 9.97 Å². The Morgan fingerprint density at radius 1 is 0.923 bits per heavy atom. The average Bonchev–Trinajstić information content (AvgIpc) is 3.14. The third kappa shape index (κ3) is 3.18. The van der Waals surface area contributed by atoms with Gasteiger partial charge in [0.1, 0.15) is 10.7 Å². The Bertz CT molecular complexity index is 1030. The number of aromatic nitrogens is 3. The maximum Gasteiger partial charge on any atom is 0.164 e. The largest absolute Gasteiger partial charge is 0.378 e. The zero-order valence-corrected chi connectivity index (χ0v) is 15.9. The zero-order valence-electron chi connectivity index (χ0n) is 15.0. The van der Waals surface area contributed by atoms with Gasteiger partial charge in [0.2, 0.25) is 0 Å². The first-order valence-corrected chi connectivity index (χ1v) is 9.28. The molecule has 0 atom stereocenters. The van der Waals surface area contributed by atoms with Crippen LogP contribution in [0.1, 0.15) is 5.56 Å². The molecule has 0 bridgehead atoms. The Kier molecular flexibility index (Phi) is 4.39. The number of benzene rings is 2. The molecule has 0 fully saturated rings. The highest BCUT2D eigenvalue weighted by atomic mass is 32.2. The van der Waals surface area contributed by atoms with Crippen LogP contribution < -0.4 is 4.90 Å². The molecule has 2 heterocycles. The first-order valence-electron chi connectivity index (χ1n) is 8.46. The van der Waals surface area contributed by atoms with E-state index in [9.17, 15) is 0 Å². The van der Waals surface area contributed by atoms with Crippen LogP contribution in [0.5, 0.6) is 0 Å². The summed E-state index contributed by atoms with van der Waals surface area (Å²) in [6.45, 7) is 2.10. The van der Waals surface area contributed by atoms with E-state index in [2.05, 4.69) is 69.7 Å². The van der Waals surface area contributed by atoms with Gasteiger partial charge in [0.15, 0.2) is 5.65 Å². The fourth-order valence-electron chi connectivity index (χ4n) is 2.82. The number of nitrogens with zero attached hydrogens (tertiary/aromatic N) is 4. The molecular formula is C21H20N4S. The van der Waals surface area contributed by atoms with Gasteiger partial charge in [-0.1, -0.05) is 41.6 Å². The molecule has 0 unspecified atom stereocenters. The predicted molar refractivity (Wildman–Crippen MR) is 108 cm³/mol. The molecule has 0 aliphatic carbocycles.